The lowest BCUT2D eigenvalue weighted by atomic mass is 10.0. The summed E-state index contributed by atoms with van der Waals surface area (Å²) in [6, 6.07) is 17.8. The molecule has 4 rings (SSSR count). The van der Waals surface area contributed by atoms with Crippen molar-refractivity contribution >= 4 is 28.1 Å². The average Bonchev–Trinajstić information content (AvgIpc) is 3.25. The van der Waals surface area contributed by atoms with E-state index in [2.05, 4.69) is 79.8 Å². The molecule has 0 bridgehead atoms. The molecule has 0 spiro atoms. The summed E-state index contributed by atoms with van der Waals surface area (Å²) < 4.78 is 0. The third kappa shape index (κ3) is 4.91. The van der Waals surface area contributed by atoms with Gasteiger partial charge in [0.15, 0.2) is 5.96 Å². The number of fused-ring (bicyclic) bond motifs is 1. The van der Waals surface area contributed by atoms with Crippen molar-refractivity contribution in [2.45, 2.75) is 32.0 Å². The van der Waals surface area contributed by atoms with Crippen molar-refractivity contribution in [2.24, 2.45) is 4.99 Å². The molecule has 1 aliphatic rings. The molecule has 0 amide bonds. The summed E-state index contributed by atoms with van der Waals surface area (Å²) in [7, 11) is 1.85. The number of thiophene rings is 1. The van der Waals surface area contributed by atoms with Crippen molar-refractivity contribution in [1.29, 1.82) is 0 Å². The Labute approximate surface area is 171 Å². The molecule has 0 saturated carbocycles. The van der Waals surface area contributed by atoms with Crippen molar-refractivity contribution in [3.8, 4) is 0 Å². The van der Waals surface area contributed by atoms with Crippen molar-refractivity contribution in [3.63, 3.8) is 0 Å². The van der Waals surface area contributed by atoms with E-state index in [0.717, 1.165) is 45.0 Å². The van der Waals surface area contributed by atoms with Gasteiger partial charge in [-0.3, -0.25) is 9.89 Å². The molecule has 2 N–H and O–H groups in total. The number of rotatable bonds is 5. The molecule has 146 valence electrons. The molecule has 0 radical (unpaired) electrons. The van der Waals surface area contributed by atoms with Crippen molar-refractivity contribution in [1.82, 2.24) is 15.5 Å². The predicted molar refractivity (Wildman–Crippen MR) is 120 cm³/mol. The predicted octanol–water partition coefficient (Wildman–Crippen LogP) is 4.23. The third-order valence-electron chi connectivity index (χ3n) is 5.41. The number of piperidine rings is 1. The van der Waals surface area contributed by atoms with E-state index in [1.54, 1.807) is 11.3 Å². The zero-order valence-electron chi connectivity index (χ0n) is 16.4. The Balaban J connectivity index is 1.25. The van der Waals surface area contributed by atoms with Gasteiger partial charge in [0.2, 0.25) is 0 Å². The molecule has 0 unspecified atom stereocenters. The highest BCUT2D eigenvalue weighted by Crippen LogP contribution is 2.17. The van der Waals surface area contributed by atoms with Crippen molar-refractivity contribution in [2.75, 3.05) is 20.1 Å². The van der Waals surface area contributed by atoms with E-state index in [1.807, 2.05) is 7.05 Å². The molecule has 0 atom stereocenters. The molecule has 1 aromatic heterocycles. The molecular formula is C23H28N4S. The quantitative estimate of drug-likeness (QED) is 0.504. The zero-order valence-corrected chi connectivity index (χ0v) is 17.2. The number of hydrogen-bond acceptors (Lipinski definition) is 3. The van der Waals surface area contributed by atoms with Gasteiger partial charge in [0, 0.05) is 39.3 Å². The maximum Gasteiger partial charge on any atom is 0.191 e. The number of likely N-dealkylation sites (tertiary alicyclic amines) is 1. The Morgan fingerprint density at radius 3 is 2.64 bits per heavy atom. The van der Waals surface area contributed by atoms with E-state index >= 15 is 0 Å². The SMILES string of the molecule is CN=C(NCc1ccc2ccccc2c1)NC1CCN(Cc2ccsc2)CC1. The van der Waals surface area contributed by atoms with Crippen LogP contribution in [0.1, 0.15) is 24.0 Å². The summed E-state index contributed by atoms with van der Waals surface area (Å²) in [5.41, 5.74) is 2.71. The second-order valence-electron chi connectivity index (χ2n) is 7.43. The van der Waals surface area contributed by atoms with E-state index < -0.39 is 0 Å². The van der Waals surface area contributed by atoms with Crippen molar-refractivity contribution < 1.29 is 0 Å². The number of nitrogens with zero attached hydrogens (tertiary/aromatic N) is 2. The first-order valence-corrected chi connectivity index (χ1v) is 10.9. The average molecular weight is 393 g/mol. The van der Waals surface area contributed by atoms with Crippen LogP contribution in [0.15, 0.2) is 64.3 Å². The summed E-state index contributed by atoms with van der Waals surface area (Å²) >= 11 is 1.78. The first-order chi connectivity index (χ1) is 13.8. The lowest BCUT2D eigenvalue weighted by Crippen LogP contribution is -2.48. The Bertz CT molecular complexity index is 911. The Kier molecular flexibility index (Phi) is 6.24. The first kappa shape index (κ1) is 19.0. The van der Waals surface area contributed by atoms with Crippen LogP contribution in [-0.4, -0.2) is 37.0 Å². The Hall–Kier alpha value is -2.37. The van der Waals surface area contributed by atoms with Gasteiger partial charge in [-0.1, -0.05) is 36.4 Å². The monoisotopic (exact) mass is 392 g/mol. The molecule has 0 aliphatic carbocycles. The van der Waals surface area contributed by atoms with Crippen LogP contribution in [0.5, 0.6) is 0 Å². The Morgan fingerprint density at radius 2 is 1.89 bits per heavy atom. The van der Waals surface area contributed by atoms with Crippen LogP contribution in [0.4, 0.5) is 0 Å². The summed E-state index contributed by atoms with van der Waals surface area (Å²) in [6.07, 6.45) is 2.31. The lowest BCUT2D eigenvalue weighted by molar-refractivity contribution is 0.198. The molecule has 5 heteroatoms. The normalized spacial score (nSPS) is 16.4. The largest absolute Gasteiger partial charge is 0.354 e. The van der Waals surface area contributed by atoms with Crippen LogP contribution in [0.3, 0.4) is 0 Å². The standard InChI is InChI=1S/C23H28N4S/c1-24-23(25-15-18-6-7-20-4-2-3-5-21(20)14-18)26-22-8-11-27(12-9-22)16-19-10-13-28-17-19/h2-7,10,13-14,17,22H,8-9,11-12,15-16H2,1H3,(H2,24,25,26). The Morgan fingerprint density at radius 1 is 1.07 bits per heavy atom. The highest BCUT2D eigenvalue weighted by molar-refractivity contribution is 7.07. The van der Waals surface area contributed by atoms with Crippen LogP contribution in [0.2, 0.25) is 0 Å². The van der Waals surface area contributed by atoms with E-state index in [1.165, 1.54) is 21.9 Å². The minimum Gasteiger partial charge on any atom is -0.354 e. The molecule has 2 heterocycles. The van der Waals surface area contributed by atoms with E-state index in [-0.39, 0.29) is 0 Å². The number of hydrogen-bond donors (Lipinski definition) is 2. The highest BCUT2D eigenvalue weighted by Gasteiger charge is 2.20. The van der Waals surface area contributed by atoms with Gasteiger partial charge in [-0.25, -0.2) is 0 Å². The molecule has 3 aromatic rings. The van der Waals surface area contributed by atoms with Crippen LogP contribution in [0.25, 0.3) is 10.8 Å². The molecule has 28 heavy (non-hydrogen) atoms. The van der Waals surface area contributed by atoms with Gasteiger partial charge >= 0.3 is 0 Å². The van der Waals surface area contributed by atoms with Gasteiger partial charge in [-0.15, -0.1) is 0 Å². The van der Waals surface area contributed by atoms with Gasteiger partial charge in [0.1, 0.15) is 0 Å². The topological polar surface area (TPSA) is 39.7 Å². The van der Waals surface area contributed by atoms with Crippen LogP contribution in [-0.2, 0) is 13.1 Å². The van der Waals surface area contributed by atoms with E-state index in [4.69, 9.17) is 0 Å². The van der Waals surface area contributed by atoms with E-state index in [0.29, 0.717) is 6.04 Å². The van der Waals surface area contributed by atoms with Gasteiger partial charge in [-0.2, -0.15) is 11.3 Å². The van der Waals surface area contributed by atoms with Crippen molar-refractivity contribution in [3.05, 3.63) is 70.4 Å². The van der Waals surface area contributed by atoms with Gasteiger partial charge in [0.25, 0.3) is 0 Å². The second-order valence-corrected chi connectivity index (χ2v) is 8.21. The summed E-state index contributed by atoms with van der Waals surface area (Å²) in [5.74, 6) is 0.893. The smallest absolute Gasteiger partial charge is 0.191 e. The minimum atomic E-state index is 0.488. The maximum atomic E-state index is 4.42. The first-order valence-electron chi connectivity index (χ1n) is 9.98. The molecule has 1 fully saturated rings. The summed E-state index contributed by atoms with van der Waals surface area (Å²) in [5, 5.41) is 14.1. The zero-order chi connectivity index (χ0) is 19.2. The fraction of sp³-hybridized carbons (Fsp3) is 0.348. The number of guanidine groups is 1. The third-order valence-corrected chi connectivity index (χ3v) is 6.14. The fourth-order valence-electron chi connectivity index (χ4n) is 3.80. The molecule has 1 saturated heterocycles. The van der Waals surface area contributed by atoms with Gasteiger partial charge in [0.05, 0.1) is 0 Å². The minimum absolute atomic E-state index is 0.488. The van der Waals surface area contributed by atoms with Gasteiger partial charge in [-0.05, 0) is 57.6 Å². The van der Waals surface area contributed by atoms with Crippen LogP contribution >= 0.6 is 11.3 Å². The molecule has 2 aromatic carbocycles. The van der Waals surface area contributed by atoms with Gasteiger partial charge < -0.3 is 10.6 Å². The van der Waals surface area contributed by atoms with Crippen LogP contribution < -0.4 is 10.6 Å². The molecule has 4 nitrogen and oxygen atoms in total. The molecular weight excluding hydrogens is 364 g/mol. The number of nitrogens with one attached hydrogen (secondary N) is 2. The number of benzene rings is 2. The molecule has 1 aliphatic heterocycles. The van der Waals surface area contributed by atoms with E-state index in [9.17, 15) is 0 Å². The highest BCUT2D eigenvalue weighted by atomic mass is 32.1. The number of aliphatic imine (C=N–C) groups is 1. The second kappa shape index (κ2) is 9.22. The summed E-state index contributed by atoms with van der Waals surface area (Å²) in [4.78, 5) is 6.97. The maximum absolute atomic E-state index is 4.42. The fourth-order valence-corrected chi connectivity index (χ4v) is 4.46. The lowest BCUT2D eigenvalue weighted by Gasteiger charge is -2.33. The van der Waals surface area contributed by atoms with Crippen LogP contribution in [0, 0.1) is 0 Å². The summed E-state index contributed by atoms with van der Waals surface area (Å²) in [6.45, 7) is 4.12.